The Labute approximate surface area is 187 Å². The van der Waals surface area contributed by atoms with Crippen molar-refractivity contribution >= 4 is 27.7 Å². The van der Waals surface area contributed by atoms with Crippen LogP contribution in [0.3, 0.4) is 0 Å². The molecule has 1 aromatic carbocycles. The van der Waals surface area contributed by atoms with Gasteiger partial charge in [0.05, 0.1) is 16.8 Å². The molecule has 168 valence electrons. The maximum Gasteiger partial charge on any atom is 0.244 e. The van der Waals surface area contributed by atoms with Gasteiger partial charge in [-0.05, 0) is 43.8 Å². The molecule has 3 rings (SSSR count). The smallest absolute Gasteiger partial charge is 0.244 e. The first-order valence-corrected chi connectivity index (χ1v) is 12.4. The van der Waals surface area contributed by atoms with Gasteiger partial charge in [0.25, 0.3) is 0 Å². The van der Waals surface area contributed by atoms with E-state index in [1.165, 1.54) is 40.5 Å². The lowest BCUT2D eigenvalue weighted by atomic mass is 10.1. The summed E-state index contributed by atoms with van der Waals surface area (Å²) in [5.41, 5.74) is 0.846. The Balaban J connectivity index is 1.57. The predicted octanol–water partition coefficient (Wildman–Crippen LogP) is 2.47. The Morgan fingerprint density at radius 1 is 1.16 bits per heavy atom. The van der Waals surface area contributed by atoms with E-state index in [1.807, 2.05) is 14.0 Å². The number of nitrogens with zero attached hydrogens (tertiary/aromatic N) is 4. The fraction of sp³-hybridized carbons (Fsp3) is 0.429. The number of rotatable bonds is 7. The SMILES string of the molecule is CC(c1ccc(F)cc1)N(C)C(=O)CSc1ccc(S(=O)(=O)N2CCN(C)CC2)cn1. The summed E-state index contributed by atoms with van der Waals surface area (Å²) in [7, 11) is 0.114. The number of sulfonamides is 1. The second-order valence-electron chi connectivity index (χ2n) is 7.56. The largest absolute Gasteiger partial charge is 0.338 e. The number of benzene rings is 1. The minimum absolute atomic E-state index is 0.0993. The Morgan fingerprint density at radius 2 is 1.81 bits per heavy atom. The van der Waals surface area contributed by atoms with Crippen molar-refractivity contribution in [3.8, 4) is 0 Å². The first kappa shape index (κ1) is 23.6. The molecule has 0 N–H and O–H groups in total. The number of aromatic nitrogens is 1. The molecule has 1 amide bonds. The number of amides is 1. The van der Waals surface area contributed by atoms with E-state index >= 15 is 0 Å². The molecular weight excluding hydrogens is 439 g/mol. The molecule has 1 aliphatic heterocycles. The average Bonchev–Trinajstić information content (AvgIpc) is 2.77. The lowest BCUT2D eigenvalue weighted by Crippen LogP contribution is -2.47. The molecule has 1 aliphatic rings. The lowest BCUT2D eigenvalue weighted by Gasteiger charge is -2.31. The van der Waals surface area contributed by atoms with Crippen LogP contribution < -0.4 is 0 Å². The van der Waals surface area contributed by atoms with Crippen LogP contribution in [0.4, 0.5) is 4.39 Å². The number of pyridine rings is 1. The van der Waals surface area contributed by atoms with Crippen LogP contribution in [-0.2, 0) is 14.8 Å². The Hall–Kier alpha value is -2.01. The van der Waals surface area contributed by atoms with Crippen molar-refractivity contribution in [2.45, 2.75) is 22.9 Å². The number of hydrogen-bond acceptors (Lipinski definition) is 6. The third kappa shape index (κ3) is 5.82. The summed E-state index contributed by atoms with van der Waals surface area (Å²) in [4.78, 5) is 20.6. The third-order valence-corrected chi connectivity index (χ3v) is 8.29. The number of carbonyl (C=O) groups is 1. The van der Waals surface area contributed by atoms with Crippen LogP contribution in [0, 0.1) is 5.82 Å². The molecule has 1 atom stereocenters. The summed E-state index contributed by atoms with van der Waals surface area (Å²) < 4.78 is 40.1. The molecule has 2 aromatic rings. The third-order valence-electron chi connectivity index (χ3n) is 5.48. The summed E-state index contributed by atoms with van der Waals surface area (Å²) in [6.45, 7) is 4.20. The van der Waals surface area contributed by atoms with Gasteiger partial charge in [-0.3, -0.25) is 4.79 Å². The highest BCUT2D eigenvalue weighted by molar-refractivity contribution is 7.99. The van der Waals surface area contributed by atoms with E-state index in [0.29, 0.717) is 31.2 Å². The zero-order valence-corrected chi connectivity index (χ0v) is 19.5. The molecule has 0 saturated carbocycles. The van der Waals surface area contributed by atoms with Crippen molar-refractivity contribution in [2.24, 2.45) is 0 Å². The van der Waals surface area contributed by atoms with Gasteiger partial charge >= 0.3 is 0 Å². The van der Waals surface area contributed by atoms with Crippen LogP contribution >= 0.6 is 11.8 Å². The van der Waals surface area contributed by atoms with Crippen LogP contribution in [0.5, 0.6) is 0 Å². The highest BCUT2D eigenvalue weighted by atomic mass is 32.2. The minimum atomic E-state index is -3.56. The van der Waals surface area contributed by atoms with Crippen molar-refractivity contribution in [3.63, 3.8) is 0 Å². The molecule has 2 heterocycles. The number of thioether (sulfide) groups is 1. The monoisotopic (exact) mass is 466 g/mol. The topological polar surface area (TPSA) is 73.8 Å². The maximum absolute atomic E-state index is 13.1. The number of likely N-dealkylation sites (N-methyl/N-ethyl adjacent to an activating group) is 1. The molecule has 7 nitrogen and oxygen atoms in total. The van der Waals surface area contributed by atoms with Crippen molar-refractivity contribution in [1.29, 1.82) is 0 Å². The van der Waals surface area contributed by atoms with E-state index in [0.717, 1.165) is 5.56 Å². The van der Waals surface area contributed by atoms with Gasteiger partial charge < -0.3 is 9.80 Å². The molecule has 0 spiro atoms. The molecule has 0 radical (unpaired) electrons. The summed E-state index contributed by atoms with van der Waals surface area (Å²) in [6, 6.07) is 9.05. The zero-order chi connectivity index (χ0) is 22.6. The second kappa shape index (κ2) is 10.1. The number of hydrogen-bond donors (Lipinski definition) is 0. The van der Waals surface area contributed by atoms with Gasteiger partial charge in [-0.25, -0.2) is 17.8 Å². The molecule has 10 heteroatoms. The van der Waals surface area contributed by atoms with Crippen LogP contribution in [0.2, 0.25) is 0 Å². The van der Waals surface area contributed by atoms with Crippen LogP contribution in [0.15, 0.2) is 52.5 Å². The number of carbonyl (C=O) groups excluding carboxylic acids is 1. The molecular formula is C21H27FN4O3S2. The highest BCUT2D eigenvalue weighted by Gasteiger charge is 2.27. The molecule has 1 unspecified atom stereocenters. The van der Waals surface area contributed by atoms with E-state index in [2.05, 4.69) is 9.88 Å². The Morgan fingerprint density at radius 3 is 2.39 bits per heavy atom. The van der Waals surface area contributed by atoms with Crippen molar-refractivity contribution in [1.82, 2.24) is 19.1 Å². The van der Waals surface area contributed by atoms with E-state index in [-0.39, 0.29) is 28.4 Å². The second-order valence-corrected chi connectivity index (χ2v) is 10.5. The van der Waals surface area contributed by atoms with Gasteiger partial charge in [0.2, 0.25) is 15.9 Å². The highest BCUT2D eigenvalue weighted by Crippen LogP contribution is 2.23. The molecule has 1 fully saturated rings. The molecule has 0 aliphatic carbocycles. The summed E-state index contributed by atoms with van der Waals surface area (Å²) in [5.74, 6) is -0.248. The van der Waals surface area contributed by atoms with Gasteiger partial charge in [0.1, 0.15) is 10.7 Å². The van der Waals surface area contributed by atoms with Gasteiger partial charge in [0, 0.05) is 39.4 Å². The van der Waals surface area contributed by atoms with E-state index in [9.17, 15) is 17.6 Å². The van der Waals surface area contributed by atoms with E-state index < -0.39 is 10.0 Å². The van der Waals surface area contributed by atoms with Gasteiger partial charge in [-0.15, -0.1) is 0 Å². The minimum Gasteiger partial charge on any atom is -0.338 e. The van der Waals surface area contributed by atoms with Gasteiger partial charge in [-0.2, -0.15) is 4.31 Å². The molecule has 31 heavy (non-hydrogen) atoms. The summed E-state index contributed by atoms with van der Waals surface area (Å²) in [5, 5.41) is 0.577. The zero-order valence-electron chi connectivity index (χ0n) is 17.9. The first-order valence-electron chi connectivity index (χ1n) is 9.97. The summed E-state index contributed by atoms with van der Waals surface area (Å²) in [6.07, 6.45) is 1.35. The lowest BCUT2D eigenvalue weighted by molar-refractivity contribution is -0.128. The Bertz CT molecular complexity index is 992. The standard InChI is InChI=1S/C21H27FN4O3S2/c1-16(17-4-6-18(22)7-5-17)25(3)21(27)15-30-20-9-8-19(14-23-20)31(28,29)26-12-10-24(2)11-13-26/h4-9,14,16H,10-13,15H2,1-3H3. The van der Waals surface area contributed by atoms with Crippen LogP contribution in [0.25, 0.3) is 0 Å². The number of halogens is 1. The molecule has 0 bridgehead atoms. The molecule has 1 saturated heterocycles. The molecule has 1 aromatic heterocycles. The van der Waals surface area contributed by atoms with Crippen LogP contribution in [-0.4, -0.2) is 79.4 Å². The number of piperazine rings is 1. The van der Waals surface area contributed by atoms with Crippen molar-refractivity contribution < 1.29 is 17.6 Å². The van der Waals surface area contributed by atoms with Gasteiger partial charge in [0.15, 0.2) is 0 Å². The van der Waals surface area contributed by atoms with Crippen LogP contribution in [0.1, 0.15) is 18.5 Å². The van der Waals surface area contributed by atoms with Crippen molar-refractivity contribution in [3.05, 3.63) is 54.0 Å². The van der Waals surface area contributed by atoms with Crippen molar-refractivity contribution in [2.75, 3.05) is 46.0 Å². The Kier molecular flexibility index (Phi) is 7.68. The summed E-state index contributed by atoms with van der Waals surface area (Å²) >= 11 is 1.25. The quantitative estimate of drug-likeness (QED) is 0.584. The normalized spacial score (nSPS) is 16.8. The van der Waals surface area contributed by atoms with Gasteiger partial charge in [-0.1, -0.05) is 23.9 Å². The van der Waals surface area contributed by atoms with E-state index in [1.54, 1.807) is 30.1 Å². The fourth-order valence-corrected chi connectivity index (χ4v) is 5.34. The maximum atomic E-state index is 13.1. The van der Waals surface area contributed by atoms with E-state index in [4.69, 9.17) is 0 Å². The first-order chi connectivity index (χ1) is 14.7. The fourth-order valence-electron chi connectivity index (χ4n) is 3.20. The average molecular weight is 467 g/mol. The predicted molar refractivity (Wildman–Crippen MR) is 119 cm³/mol.